The van der Waals surface area contributed by atoms with E-state index in [-0.39, 0.29) is 10.0 Å². The molecule has 0 radical (unpaired) electrons. The van der Waals surface area contributed by atoms with Crippen molar-refractivity contribution < 1.29 is 38.7 Å². The van der Waals surface area contributed by atoms with E-state index in [0.29, 0.717) is 7.05 Å². The largest absolute Gasteiger partial charge is 0.460 e. The number of hydrogen-bond donors (Lipinski definition) is 0. The van der Waals surface area contributed by atoms with Gasteiger partial charge < -0.3 is 4.74 Å². The van der Waals surface area contributed by atoms with Crippen LogP contribution in [0.3, 0.4) is 0 Å². The molecule has 0 saturated carbocycles. The number of ether oxygens (including phenoxy) is 1. The molecule has 0 N–H and O–H groups in total. The van der Waals surface area contributed by atoms with E-state index in [9.17, 15) is 25.5 Å². The van der Waals surface area contributed by atoms with E-state index in [1.165, 1.54) is 6.92 Å². The van der Waals surface area contributed by atoms with Gasteiger partial charge in [0.25, 0.3) is 0 Å². The van der Waals surface area contributed by atoms with Gasteiger partial charge >= 0.3 is 26.8 Å². The van der Waals surface area contributed by atoms with E-state index in [4.69, 9.17) is 0 Å². The van der Waals surface area contributed by atoms with Gasteiger partial charge in [0.2, 0.25) is 0 Å². The molecular formula is C7H12FNO8S2. The number of esters is 1. The number of rotatable bonds is 8. The van der Waals surface area contributed by atoms with Crippen molar-refractivity contribution in [1.29, 1.82) is 0 Å². The van der Waals surface area contributed by atoms with Crippen LogP contribution in [0.1, 0.15) is 6.92 Å². The van der Waals surface area contributed by atoms with Gasteiger partial charge in [-0.15, -0.1) is 4.28 Å². The molecule has 9 nitrogen and oxygen atoms in total. The van der Waals surface area contributed by atoms with Gasteiger partial charge in [-0.1, -0.05) is 10.5 Å². The van der Waals surface area contributed by atoms with E-state index in [1.807, 2.05) is 0 Å². The van der Waals surface area contributed by atoms with Crippen molar-refractivity contribution in [2.24, 2.45) is 0 Å². The maximum absolute atomic E-state index is 12.1. The summed E-state index contributed by atoms with van der Waals surface area (Å²) in [6, 6.07) is 0. The van der Waals surface area contributed by atoms with Gasteiger partial charge in [-0.05, 0) is 11.4 Å². The van der Waals surface area contributed by atoms with E-state index in [2.05, 4.69) is 19.8 Å². The Morgan fingerprint density at radius 3 is 2.21 bits per heavy atom. The maximum atomic E-state index is 12.1. The summed E-state index contributed by atoms with van der Waals surface area (Å²) in [6.07, 6.45) is 0. The van der Waals surface area contributed by atoms with E-state index >= 15 is 0 Å². The molecule has 19 heavy (non-hydrogen) atoms. The maximum Gasteiger partial charge on any atom is 0.455 e. The first-order valence-corrected chi connectivity index (χ1v) is 7.23. The van der Waals surface area contributed by atoms with Crippen molar-refractivity contribution in [3.8, 4) is 0 Å². The Kier molecular flexibility index (Phi) is 6.51. The average molecular weight is 321 g/mol. The van der Waals surface area contributed by atoms with Crippen LogP contribution in [0, 0.1) is 0 Å². The van der Waals surface area contributed by atoms with Gasteiger partial charge in [0, 0.05) is 12.6 Å². The lowest BCUT2D eigenvalue weighted by atomic mass is 10.4. The van der Waals surface area contributed by atoms with Gasteiger partial charge in [-0.3, -0.25) is 4.18 Å². The Bertz CT molecular complexity index is 539. The van der Waals surface area contributed by atoms with Crippen molar-refractivity contribution in [3.05, 3.63) is 12.2 Å². The van der Waals surface area contributed by atoms with Gasteiger partial charge in [0.15, 0.2) is 0 Å². The standard InChI is InChI=1S/C7H12FNO8S2/c1-6(2)7(10)15-4-5-16-19(13,14)9(3)17-18(8,11)12/h1,4-5H2,2-3H3. The third-order valence-electron chi connectivity index (χ3n) is 1.41. The second kappa shape index (κ2) is 6.91. The smallest absolute Gasteiger partial charge is 0.455 e. The van der Waals surface area contributed by atoms with E-state index in [1.54, 1.807) is 0 Å². The normalized spacial score (nSPS) is 12.4. The van der Waals surface area contributed by atoms with Crippen LogP contribution in [0.2, 0.25) is 0 Å². The van der Waals surface area contributed by atoms with Gasteiger partial charge in [-0.25, -0.2) is 4.79 Å². The lowest BCUT2D eigenvalue weighted by Gasteiger charge is -2.13. The highest BCUT2D eigenvalue weighted by atomic mass is 32.3. The number of halogens is 1. The molecule has 12 heteroatoms. The molecular weight excluding hydrogens is 309 g/mol. The molecule has 0 saturated heterocycles. The molecule has 0 spiro atoms. The number of nitrogens with zero attached hydrogens (tertiary/aromatic N) is 1. The molecule has 0 unspecified atom stereocenters. The second-order valence-electron chi connectivity index (χ2n) is 3.07. The highest BCUT2D eigenvalue weighted by molar-refractivity contribution is 7.85. The molecule has 0 rings (SSSR count). The highest BCUT2D eigenvalue weighted by Gasteiger charge is 2.25. The third kappa shape index (κ3) is 7.84. The van der Waals surface area contributed by atoms with Crippen LogP contribution >= 0.6 is 0 Å². The fourth-order valence-electron chi connectivity index (χ4n) is 0.634. The Labute approximate surface area is 110 Å². The summed E-state index contributed by atoms with van der Waals surface area (Å²) >= 11 is 0. The third-order valence-corrected chi connectivity index (χ3v) is 3.07. The molecule has 0 amide bonds. The minimum absolute atomic E-state index is 0.104. The number of carbonyl (C=O) groups is 1. The van der Waals surface area contributed by atoms with E-state index < -0.39 is 40.0 Å². The first kappa shape index (κ1) is 17.9. The molecule has 112 valence electrons. The zero-order chi connectivity index (χ0) is 15.3. The van der Waals surface area contributed by atoms with Crippen molar-refractivity contribution in [2.75, 3.05) is 20.3 Å². The second-order valence-corrected chi connectivity index (χ2v) is 5.61. The van der Waals surface area contributed by atoms with Crippen molar-refractivity contribution in [1.82, 2.24) is 4.47 Å². The summed E-state index contributed by atoms with van der Waals surface area (Å²) in [5, 5.41) is 0. The van der Waals surface area contributed by atoms with Crippen LogP contribution in [0.25, 0.3) is 0 Å². The molecule has 0 bridgehead atoms. The minimum atomic E-state index is -5.49. The topological polar surface area (TPSA) is 116 Å². The highest BCUT2D eigenvalue weighted by Crippen LogP contribution is 2.06. The molecule has 0 aliphatic carbocycles. The summed E-state index contributed by atoms with van der Waals surface area (Å²) in [5.74, 6) is -0.753. The van der Waals surface area contributed by atoms with Crippen molar-refractivity contribution in [3.63, 3.8) is 0 Å². The Balaban J connectivity index is 4.25. The van der Waals surface area contributed by atoms with Crippen LogP contribution < -0.4 is 0 Å². The number of hydroxylamine groups is 1. The zero-order valence-corrected chi connectivity index (χ0v) is 11.7. The summed E-state index contributed by atoms with van der Waals surface area (Å²) in [4.78, 5) is 10.9. The molecule has 0 aromatic rings. The molecule has 0 aliphatic heterocycles. The van der Waals surface area contributed by atoms with Crippen molar-refractivity contribution >= 4 is 26.8 Å². The summed E-state index contributed by atoms with van der Waals surface area (Å²) < 4.78 is 66.3. The Morgan fingerprint density at radius 2 is 1.79 bits per heavy atom. The molecule has 0 aromatic carbocycles. The molecule has 0 aliphatic rings. The Morgan fingerprint density at radius 1 is 1.26 bits per heavy atom. The molecule has 0 atom stereocenters. The van der Waals surface area contributed by atoms with Crippen LogP contribution in [-0.2, 0) is 38.8 Å². The lowest BCUT2D eigenvalue weighted by molar-refractivity contribution is -0.139. The van der Waals surface area contributed by atoms with Crippen LogP contribution in [0.5, 0.6) is 0 Å². The predicted molar refractivity (Wildman–Crippen MR) is 59.5 cm³/mol. The van der Waals surface area contributed by atoms with Crippen LogP contribution in [0.4, 0.5) is 3.89 Å². The van der Waals surface area contributed by atoms with Crippen molar-refractivity contribution in [2.45, 2.75) is 6.92 Å². The fourth-order valence-corrected chi connectivity index (χ4v) is 1.83. The average Bonchev–Trinajstić information content (AvgIpc) is 2.21. The molecule has 0 heterocycles. The summed E-state index contributed by atoms with van der Waals surface area (Å²) in [6.45, 7) is 3.62. The zero-order valence-electron chi connectivity index (χ0n) is 10.0. The molecule has 0 aromatic heterocycles. The predicted octanol–water partition coefficient (Wildman–Crippen LogP) is -0.555. The first-order chi connectivity index (χ1) is 8.46. The van der Waals surface area contributed by atoms with Gasteiger partial charge in [0.05, 0.1) is 0 Å². The quantitative estimate of drug-likeness (QED) is 0.192. The monoisotopic (exact) mass is 321 g/mol. The van der Waals surface area contributed by atoms with Crippen LogP contribution in [-0.4, -0.2) is 47.5 Å². The summed E-state index contributed by atoms with van der Waals surface area (Å²) in [7, 11) is -9.52. The fraction of sp³-hybridized carbons (Fsp3) is 0.571. The number of carbonyl (C=O) groups excluding carboxylic acids is 1. The van der Waals surface area contributed by atoms with Crippen LogP contribution in [0.15, 0.2) is 12.2 Å². The van der Waals surface area contributed by atoms with Gasteiger partial charge in [0.1, 0.15) is 13.2 Å². The summed E-state index contributed by atoms with van der Waals surface area (Å²) in [5.41, 5.74) is 0.104. The first-order valence-electron chi connectivity index (χ1n) is 4.56. The lowest BCUT2D eigenvalue weighted by Crippen LogP contribution is -2.31. The number of hydrogen-bond acceptors (Lipinski definition) is 8. The minimum Gasteiger partial charge on any atom is -0.460 e. The SMILES string of the molecule is C=C(C)C(=O)OCCOS(=O)(=O)N(C)OS(=O)(=O)F. The van der Waals surface area contributed by atoms with Gasteiger partial charge in [-0.2, -0.15) is 16.8 Å². The van der Waals surface area contributed by atoms with E-state index in [0.717, 1.165) is 0 Å². The molecule has 0 fully saturated rings. The Hall–Kier alpha value is -1.08.